The summed E-state index contributed by atoms with van der Waals surface area (Å²) in [5.41, 5.74) is 2.70. The van der Waals surface area contributed by atoms with Crippen molar-refractivity contribution in [3.8, 4) is 11.3 Å². The minimum atomic E-state index is -0.468. The van der Waals surface area contributed by atoms with E-state index in [9.17, 15) is 4.79 Å². The molecule has 2 heterocycles. The lowest BCUT2D eigenvalue weighted by Gasteiger charge is -2.14. The summed E-state index contributed by atoms with van der Waals surface area (Å²) < 4.78 is 5.28. The van der Waals surface area contributed by atoms with Crippen molar-refractivity contribution in [2.45, 2.75) is 6.61 Å². The third kappa shape index (κ3) is 3.55. The number of nitrogens with zero attached hydrogens (tertiary/aromatic N) is 3. The van der Waals surface area contributed by atoms with Crippen LogP contribution in [0.2, 0.25) is 0 Å². The van der Waals surface area contributed by atoms with Crippen molar-refractivity contribution in [1.82, 2.24) is 15.0 Å². The van der Waals surface area contributed by atoms with E-state index in [4.69, 9.17) is 4.74 Å². The first kappa shape index (κ1) is 14.8. The molecule has 6 heteroatoms. The third-order valence-electron chi connectivity index (χ3n) is 3.35. The number of benzene rings is 1. The van der Waals surface area contributed by atoms with Gasteiger partial charge in [0.2, 0.25) is 5.95 Å². The molecule has 2 aromatic heterocycles. The summed E-state index contributed by atoms with van der Waals surface area (Å²) in [6.07, 6.45) is 4.61. The molecule has 6 nitrogen and oxygen atoms in total. The van der Waals surface area contributed by atoms with Crippen molar-refractivity contribution >= 4 is 12.0 Å². The second-order valence-electron chi connectivity index (χ2n) is 4.96. The first-order chi connectivity index (χ1) is 11.2. The van der Waals surface area contributed by atoms with E-state index in [1.54, 1.807) is 25.6 Å². The molecule has 23 heavy (non-hydrogen) atoms. The highest BCUT2D eigenvalue weighted by molar-refractivity contribution is 5.85. The largest absolute Gasteiger partial charge is 0.444 e. The zero-order valence-corrected chi connectivity index (χ0v) is 12.6. The van der Waals surface area contributed by atoms with Gasteiger partial charge in [-0.25, -0.2) is 9.78 Å². The van der Waals surface area contributed by atoms with Gasteiger partial charge in [0.25, 0.3) is 0 Å². The molecule has 0 bridgehead atoms. The average molecular weight is 308 g/mol. The van der Waals surface area contributed by atoms with Crippen LogP contribution in [-0.4, -0.2) is 28.1 Å². The molecular weight excluding hydrogens is 292 g/mol. The highest BCUT2D eigenvalue weighted by atomic mass is 16.6. The number of carbonyl (C=O) groups is 1. The fraction of sp³-hybridized carbons (Fsp3) is 0.118. The van der Waals surface area contributed by atoms with Crippen molar-refractivity contribution in [1.29, 1.82) is 0 Å². The van der Waals surface area contributed by atoms with Gasteiger partial charge in [-0.1, -0.05) is 30.3 Å². The van der Waals surface area contributed by atoms with Crippen LogP contribution in [0.25, 0.3) is 11.3 Å². The van der Waals surface area contributed by atoms with E-state index in [0.717, 1.165) is 16.8 Å². The van der Waals surface area contributed by atoms with Gasteiger partial charge >= 0.3 is 6.09 Å². The summed E-state index contributed by atoms with van der Waals surface area (Å²) in [7, 11) is 1.61. The Morgan fingerprint density at radius 3 is 2.65 bits per heavy atom. The molecule has 1 amide bonds. The number of amides is 1. The Kier molecular flexibility index (Phi) is 4.33. The van der Waals surface area contributed by atoms with Gasteiger partial charge in [0, 0.05) is 25.0 Å². The molecule has 0 aliphatic heterocycles. The van der Waals surface area contributed by atoms with Gasteiger partial charge in [0.1, 0.15) is 6.61 Å². The number of hydrogen-bond donors (Lipinski definition) is 1. The van der Waals surface area contributed by atoms with Gasteiger partial charge in [0.05, 0.1) is 11.9 Å². The van der Waals surface area contributed by atoms with Crippen LogP contribution in [0, 0.1) is 0 Å². The fourth-order valence-electron chi connectivity index (χ4n) is 2.06. The Hall–Kier alpha value is -3.15. The fourth-order valence-corrected chi connectivity index (χ4v) is 2.06. The number of carbonyl (C=O) groups excluding carboxylic acids is 1. The van der Waals surface area contributed by atoms with Crippen LogP contribution in [0.5, 0.6) is 0 Å². The van der Waals surface area contributed by atoms with E-state index in [0.29, 0.717) is 5.95 Å². The second kappa shape index (κ2) is 6.74. The molecule has 0 atom stereocenters. The van der Waals surface area contributed by atoms with Crippen LogP contribution in [0.4, 0.5) is 10.7 Å². The lowest BCUT2D eigenvalue weighted by Crippen LogP contribution is -2.27. The van der Waals surface area contributed by atoms with E-state index in [1.165, 1.54) is 4.90 Å². The van der Waals surface area contributed by atoms with Gasteiger partial charge in [-0.3, -0.25) is 9.88 Å². The van der Waals surface area contributed by atoms with Crippen LogP contribution in [0.15, 0.2) is 61.1 Å². The molecule has 3 aromatic rings. The summed E-state index contributed by atoms with van der Waals surface area (Å²) in [5.74, 6) is 0.426. The van der Waals surface area contributed by atoms with Crippen molar-refractivity contribution in [3.05, 3.63) is 66.6 Å². The maximum Gasteiger partial charge on any atom is 0.416 e. The minimum absolute atomic E-state index is 0.224. The van der Waals surface area contributed by atoms with Crippen molar-refractivity contribution in [2.24, 2.45) is 0 Å². The van der Waals surface area contributed by atoms with E-state index in [1.807, 2.05) is 42.5 Å². The quantitative estimate of drug-likeness (QED) is 0.803. The Bertz CT molecular complexity index is 772. The van der Waals surface area contributed by atoms with Crippen molar-refractivity contribution in [3.63, 3.8) is 0 Å². The van der Waals surface area contributed by atoms with E-state index < -0.39 is 6.09 Å². The van der Waals surface area contributed by atoms with E-state index in [2.05, 4.69) is 15.0 Å². The summed E-state index contributed by atoms with van der Waals surface area (Å²) >= 11 is 0. The number of H-pyrrole nitrogens is 1. The molecule has 0 aliphatic carbocycles. The monoisotopic (exact) mass is 308 g/mol. The van der Waals surface area contributed by atoms with Crippen molar-refractivity contribution in [2.75, 3.05) is 11.9 Å². The standard InChI is InChI=1S/C17H16N4O2/c1-21(17(22)23-12-13-5-3-2-4-6-13)16-19-11-15(20-16)14-7-9-18-10-8-14/h2-11H,12H2,1H3,(H,19,20). The molecule has 0 unspecified atom stereocenters. The highest BCUT2D eigenvalue weighted by Gasteiger charge is 2.16. The summed E-state index contributed by atoms with van der Waals surface area (Å²) in [4.78, 5) is 24.7. The van der Waals surface area contributed by atoms with Gasteiger partial charge < -0.3 is 9.72 Å². The third-order valence-corrected chi connectivity index (χ3v) is 3.35. The lowest BCUT2D eigenvalue weighted by molar-refractivity contribution is 0.148. The number of aromatic nitrogens is 3. The van der Waals surface area contributed by atoms with Crippen molar-refractivity contribution < 1.29 is 9.53 Å². The number of imidazole rings is 1. The van der Waals surface area contributed by atoms with Crippen LogP contribution in [0.3, 0.4) is 0 Å². The first-order valence-corrected chi connectivity index (χ1v) is 7.14. The van der Waals surface area contributed by atoms with Crippen LogP contribution in [0.1, 0.15) is 5.56 Å². The molecule has 0 aliphatic rings. The summed E-state index contributed by atoms with van der Waals surface area (Å²) in [5, 5.41) is 0. The number of ether oxygens (including phenoxy) is 1. The molecule has 0 saturated carbocycles. The highest BCUT2D eigenvalue weighted by Crippen LogP contribution is 2.19. The zero-order valence-electron chi connectivity index (χ0n) is 12.6. The normalized spacial score (nSPS) is 10.3. The van der Waals surface area contributed by atoms with Gasteiger partial charge in [-0.15, -0.1) is 0 Å². The number of nitrogens with one attached hydrogen (secondary N) is 1. The Labute approximate surface area is 133 Å². The molecule has 0 saturated heterocycles. The first-order valence-electron chi connectivity index (χ1n) is 7.14. The zero-order chi connectivity index (χ0) is 16.1. The summed E-state index contributed by atoms with van der Waals surface area (Å²) in [6.45, 7) is 0.224. The Balaban J connectivity index is 1.65. The van der Waals surface area contributed by atoms with Crippen LogP contribution >= 0.6 is 0 Å². The van der Waals surface area contributed by atoms with E-state index >= 15 is 0 Å². The maximum absolute atomic E-state index is 12.1. The minimum Gasteiger partial charge on any atom is -0.444 e. The molecule has 1 aromatic carbocycles. The molecule has 0 radical (unpaired) electrons. The number of rotatable bonds is 4. The lowest BCUT2D eigenvalue weighted by atomic mass is 10.2. The SMILES string of the molecule is CN(C(=O)OCc1ccccc1)c1ncc(-c2ccncc2)[nH]1. The maximum atomic E-state index is 12.1. The number of aromatic amines is 1. The Morgan fingerprint density at radius 1 is 1.17 bits per heavy atom. The molecular formula is C17H16N4O2. The van der Waals surface area contributed by atoms with E-state index in [-0.39, 0.29) is 6.61 Å². The topological polar surface area (TPSA) is 71.1 Å². The molecule has 1 N–H and O–H groups in total. The molecule has 0 fully saturated rings. The van der Waals surface area contributed by atoms with Gasteiger partial charge in [0.15, 0.2) is 0 Å². The van der Waals surface area contributed by atoms with Gasteiger partial charge in [-0.2, -0.15) is 0 Å². The van der Waals surface area contributed by atoms with Gasteiger partial charge in [-0.05, 0) is 17.7 Å². The predicted octanol–water partition coefficient (Wildman–Crippen LogP) is 3.24. The number of hydrogen-bond acceptors (Lipinski definition) is 4. The summed E-state index contributed by atoms with van der Waals surface area (Å²) in [6, 6.07) is 13.3. The molecule has 3 rings (SSSR count). The van der Waals surface area contributed by atoms with Crippen LogP contribution < -0.4 is 4.90 Å². The number of anilines is 1. The average Bonchev–Trinajstić information content (AvgIpc) is 3.11. The van der Waals surface area contributed by atoms with Crippen LogP contribution in [-0.2, 0) is 11.3 Å². The predicted molar refractivity (Wildman–Crippen MR) is 86.8 cm³/mol. The number of pyridine rings is 1. The smallest absolute Gasteiger partial charge is 0.416 e. The molecule has 116 valence electrons. The second-order valence-corrected chi connectivity index (χ2v) is 4.96. The molecule has 0 spiro atoms. The Morgan fingerprint density at radius 2 is 1.91 bits per heavy atom.